The molecule has 0 bridgehead atoms. The van der Waals surface area contributed by atoms with Crippen LogP contribution >= 0.6 is 0 Å². The van der Waals surface area contributed by atoms with Crippen LogP contribution in [0.3, 0.4) is 0 Å². The van der Waals surface area contributed by atoms with E-state index in [2.05, 4.69) is 0 Å². The van der Waals surface area contributed by atoms with Crippen LogP contribution in [0.5, 0.6) is 5.75 Å². The lowest BCUT2D eigenvalue weighted by molar-refractivity contribution is -0.178. The summed E-state index contributed by atoms with van der Waals surface area (Å²) in [6, 6.07) is 7.09. The number of rotatable bonds is 2. The van der Waals surface area contributed by atoms with E-state index in [1.54, 1.807) is 32.0 Å². The van der Waals surface area contributed by atoms with E-state index in [1.165, 1.54) is 0 Å². The monoisotopic (exact) mass is 264 g/mol. The SMILES string of the molecule is CC1(C)CC(O)(C(C)(C)C(=O)O)c2ccccc2O1. The second-order valence-electron chi connectivity index (χ2n) is 6.33. The molecule has 0 fully saturated rings. The standard InChI is InChI=1S/C15H20O4/c1-13(2)9-15(18,14(3,4)12(16)17)10-7-5-6-8-11(10)19-13/h5-8,18H,9H2,1-4H3,(H,16,17). The van der Waals surface area contributed by atoms with Crippen molar-refractivity contribution in [3.63, 3.8) is 0 Å². The molecule has 4 nitrogen and oxygen atoms in total. The number of aliphatic carboxylic acids is 1. The molecule has 1 aliphatic heterocycles. The Kier molecular flexibility index (Phi) is 2.90. The first-order chi connectivity index (χ1) is 8.60. The highest BCUT2D eigenvalue weighted by atomic mass is 16.5. The van der Waals surface area contributed by atoms with Gasteiger partial charge in [-0.3, -0.25) is 4.79 Å². The molecule has 1 heterocycles. The number of ether oxygens (including phenoxy) is 1. The highest BCUT2D eigenvalue weighted by molar-refractivity contribution is 5.76. The van der Waals surface area contributed by atoms with E-state index in [0.29, 0.717) is 11.3 Å². The van der Waals surface area contributed by atoms with Gasteiger partial charge in [0, 0.05) is 12.0 Å². The Morgan fingerprint density at radius 3 is 2.47 bits per heavy atom. The minimum atomic E-state index is -1.46. The molecule has 0 saturated heterocycles. The Balaban J connectivity index is 2.66. The van der Waals surface area contributed by atoms with E-state index in [0.717, 1.165) is 0 Å². The smallest absolute Gasteiger partial charge is 0.312 e. The van der Waals surface area contributed by atoms with Crippen molar-refractivity contribution in [3.8, 4) is 5.75 Å². The van der Waals surface area contributed by atoms with Gasteiger partial charge in [0.15, 0.2) is 0 Å². The van der Waals surface area contributed by atoms with Gasteiger partial charge in [-0.2, -0.15) is 0 Å². The van der Waals surface area contributed by atoms with Gasteiger partial charge in [0.1, 0.15) is 17.0 Å². The minimum Gasteiger partial charge on any atom is -0.487 e. The number of carbonyl (C=O) groups is 1. The number of fused-ring (bicyclic) bond motifs is 1. The molecule has 2 N–H and O–H groups in total. The molecule has 104 valence electrons. The van der Waals surface area contributed by atoms with Gasteiger partial charge in [-0.25, -0.2) is 0 Å². The molecule has 1 unspecified atom stereocenters. The summed E-state index contributed by atoms with van der Waals surface area (Å²) in [5, 5.41) is 20.6. The normalized spacial score (nSPS) is 25.3. The fourth-order valence-electron chi connectivity index (χ4n) is 2.68. The van der Waals surface area contributed by atoms with Gasteiger partial charge < -0.3 is 14.9 Å². The highest BCUT2D eigenvalue weighted by Crippen LogP contribution is 2.52. The van der Waals surface area contributed by atoms with Crippen LogP contribution in [0.4, 0.5) is 0 Å². The first kappa shape index (κ1) is 13.9. The maximum Gasteiger partial charge on any atom is 0.312 e. The second-order valence-corrected chi connectivity index (χ2v) is 6.33. The lowest BCUT2D eigenvalue weighted by Crippen LogP contribution is -2.54. The molecule has 1 aliphatic rings. The summed E-state index contributed by atoms with van der Waals surface area (Å²) < 4.78 is 5.84. The van der Waals surface area contributed by atoms with Crippen molar-refractivity contribution in [1.82, 2.24) is 0 Å². The van der Waals surface area contributed by atoms with Crippen LogP contribution in [0, 0.1) is 5.41 Å². The maximum atomic E-state index is 11.5. The third-order valence-corrected chi connectivity index (χ3v) is 3.97. The molecule has 0 aromatic heterocycles. The minimum absolute atomic E-state index is 0.232. The van der Waals surface area contributed by atoms with E-state index in [4.69, 9.17) is 4.74 Å². The van der Waals surface area contributed by atoms with E-state index in [1.807, 2.05) is 19.9 Å². The van der Waals surface area contributed by atoms with Gasteiger partial charge in [0.25, 0.3) is 0 Å². The Bertz CT molecular complexity index is 519. The Hall–Kier alpha value is -1.55. The highest BCUT2D eigenvalue weighted by Gasteiger charge is 2.56. The molecule has 0 radical (unpaired) electrons. The predicted octanol–water partition coefficient (Wildman–Crippen LogP) is 2.55. The molecule has 19 heavy (non-hydrogen) atoms. The zero-order chi connectivity index (χ0) is 14.5. The van der Waals surface area contributed by atoms with Gasteiger partial charge in [-0.15, -0.1) is 0 Å². The Morgan fingerprint density at radius 2 is 1.89 bits per heavy atom. The van der Waals surface area contributed by atoms with Gasteiger partial charge in [-0.1, -0.05) is 18.2 Å². The average Bonchev–Trinajstić information content (AvgIpc) is 2.26. The van der Waals surface area contributed by atoms with E-state index >= 15 is 0 Å². The summed E-state index contributed by atoms with van der Waals surface area (Å²) in [4.78, 5) is 11.5. The second kappa shape index (κ2) is 3.97. The third kappa shape index (κ3) is 2.00. The number of benzene rings is 1. The molecule has 1 atom stereocenters. The van der Waals surface area contributed by atoms with Crippen LogP contribution < -0.4 is 4.74 Å². The van der Waals surface area contributed by atoms with Crippen molar-refractivity contribution in [2.45, 2.75) is 45.3 Å². The lowest BCUT2D eigenvalue weighted by atomic mass is 9.65. The third-order valence-electron chi connectivity index (χ3n) is 3.97. The van der Waals surface area contributed by atoms with Crippen molar-refractivity contribution in [2.75, 3.05) is 0 Å². The summed E-state index contributed by atoms with van der Waals surface area (Å²) in [6.45, 7) is 6.80. The van der Waals surface area contributed by atoms with Gasteiger partial charge in [-0.05, 0) is 33.8 Å². The van der Waals surface area contributed by atoms with Crippen molar-refractivity contribution in [2.24, 2.45) is 5.41 Å². The quantitative estimate of drug-likeness (QED) is 0.861. The zero-order valence-electron chi connectivity index (χ0n) is 11.7. The summed E-state index contributed by atoms with van der Waals surface area (Å²) >= 11 is 0. The van der Waals surface area contributed by atoms with Crippen LogP contribution in [0.15, 0.2) is 24.3 Å². The molecule has 1 aromatic rings. The topological polar surface area (TPSA) is 66.8 Å². The van der Waals surface area contributed by atoms with Crippen molar-refractivity contribution in [1.29, 1.82) is 0 Å². The first-order valence-electron chi connectivity index (χ1n) is 6.34. The molecule has 4 heteroatoms. The van der Waals surface area contributed by atoms with Gasteiger partial charge in [0.05, 0.1) is 5.41 Å². The molecular formula is C15H20O4. The average molecular weight is 264 g/mol. The van der Waals surface area contributed by atoms with Crippen LogP contribution in [0.1, 0.15) is 39.7 Å². The van der Waals surface area contributed by atoms with Crippen molar-refractivity contribution >= 4 is 5.97 Å². The maximum absolute atomic E-state index is 11.5. The van der Waals surface area contributed by atoms with Gasteiger partial charge in [0.2, 0.25) is 0 Å². The van der Waals surface area contributed by atoms with Crippen molar-refractivity contribution in [3.05, 3.63) is 29.8 Å². The number of aliphatic hydroxyl groups is 1. The summed E-state index contributed by atoms with van der Waals surface area (Å²) in [5.74, 6) is -0.474. The molecule has 1 aromatic carbocycles. The molecule has 2 rings (SSSR count). The van der Waals surface area contributed by atoms with Crippen LogP contribution in [0.2, 0.25) is 0 Å². The zero-order valence-corrected chi connectivity index (χ0v) is 11.7. The molecular weight excluding hydrogens is 244 g/mol. The predicted molar refractivity (Wildman–Crippen MR) is 71.1 cm³/mol. The fraction of sp³-hybridized carbons (Fsp3) is 0.533. The van der Waals surface area contributed by atoms with Crippen LogP contribution in [-0.4, -0.2) is 21.8 Å². The lowest BCUT2D eigenvalue weighted by Gasteiger charge is -2.48. The fourth-order valence-corrected chi connectivity index (χ4v) is 2.68. The van der Waals surface area contributed by atoms with E-state index in [-0.39, 0.29) is 6.42 Å². The molecule has 0 saturated carbocycles. The summed E-state index contributed by atoms with van der Waals surface area (Å²) in [7, 11) is 0. The Morgan fingerprint density at radius 1 is 1.32 bits per heavy atom. The van der Waals surface area contributed by atoms with Crippen LogP contribution in [0.25, 0.3) is 0 Å². The summed E-state index contributed by atoms with van der Waals surface area (Å²) in [5.41, 5.74) is -2.83. The number of carboxylic acid groups (broad SMARTS) is 1. The number of para-hydroxylation sites is 1. The number of hydrogen-bond acceptors (Lipinski definition) is 3. The number of carboxylic acids is 1. The van der Waals surface area contributed by atoms with E-state index in [9.17, 15) is 15.0 Å². The van der Waals surface area contributed by atoms with Gasteiger partial charge >= 0.3 is 5.97 Å². The number of hydrogen-bond donors (Lipinski definition) is 2. The van der Waals surface area contributed by atoms with E-state index < -0.39 is 22.6 Å². The van der Waals surface area contributed by atoms with Crippen molar-refractivity contribution < 1.29 is 19.7 Å². The Labute approximate surface area is 113 Å². The molecule has 0 spiro atoms. The largest absolute Gasteiger partial charge is 0.487 e. The summed E-state index contributed by atoms with van der Waals surface area (Å²) in [6.07, 6.45) is 0.232. The molecule has 0 aliphatic carbocycles. The first-order valence-corrected chi connectivity index (χ1v) is 6.34. The molecule has 0 amide bonds. The van der Waals surface area contributed by atoms with Crippen LogP contribution in [-0.2, 0) is 10.4 Å².